The van der Waals surface area contributed by atoms with Crippen molar-refractivity contribution in [3.8, 4) is 0 Å². The van der Waals surface area contributed by atoms with Gasteiger partial charge in [-0.15, -0.1) is 0 Å². The first-order valence-corrected chi connectivity index (χ1v) is 9.33. The molecule has 1 aromatic carbocycles. The van der Waals surface area contributed by atoms with Crippen LogP contribution in [-0.4, -0.2) is 18.9 Å². The number of allylic oxidation sites excluding steroid dienone is 3. The highest BCUT2D eigenvalue weighted by atomic mass is 35.5. The van der Waals surface area contributed by atoms with Crippen molar-refractivity contribution in [1.29, 1.82) is 0 Å². The highest BCUT2D eigenvalue weighted by Crippen LogP contribution is 2.41. The fourth-order valence-corrected chi connectivity index (χ4v) is 4.16. The predicted molar refractivity (Wildman–Crippen MR) is 104 cm³/mol. The Hall–Kier alpha value is -2.86. The maximum absolute atomic E-state index is 13.3. The van der Waals surface area contributed by atoms with Gasteiger partial charge < -0.3 is 14.5 Å². The Kier molecular flexibility index (Phi) is 4.59. The second kappa shape index (κ2) is 6.95. The molecule has 4 rings (SSSR count). The van der Waals surface area contributed by atoms with Gasteiger partial charge in [-0.1, -0.05) is 11.6 Å². The molecule has 28 heavy (non-hydrogen) atoms. The molecule has 0 bridgehead atoms. The number of benzene rings is 1. The topological polar surface area (TPSA) is 85.6 Å². The van der Waals surface area contributed by atoms with E-state index in [-0.39, 0.29) is 22.3 Å². The second-order valence-electron chi connectivity index (χ2n) is 6.92. The van der Waals surface area contributed by atoms with E-state index in [1.165, 1.54) is 19.4 Å². The monoisotopic (exact) mass is 399 g/mol. The number of dihydropyridines is 1. The first-order chi connectivity index (χ1) is 13.4. The number of ether oxygens (including phenoxy) is 1. The summed E-state index contributed by atoms with van der Waals surface area (Å²) in [6.07, 6.45) is 3.10. The average molecular weight is 400 g/mol. The molecule has 2 heterocycles. The fourth-order valence-electron chi connectivity index (χ4n) is 3.99. The molecular formula is C21H18ClNO5. The van der Waals surface area contributed by atoms with Crippen LogP contribution >= 0.6 is 11.6 Å². The van der Waals surface area contributed by atoms with Crippen LogP contribution in [0.4, 0.5) is 0 Å². The molecule has 0 saturated carbocycles. The molecule has 2 aliphatic rings. The summed E-state index contributed by atoms with van der Waals surface area (Å²) in [6.45, 7) is 1.74. The predicted octanol–water partition coefficient (Wildman–Crippen LogP) is 3.59. The van der Waals surface area contributed by atoms with Crippen LogP contribution < -0.4 is 10.7 Å². The highest BCUT2D eigenvalue weighted by molar-refractivity contribution is 6.31. The molecule has 0 saturated heterocycles. The number of hydrogen-bond acceptors (Lipinski definition) is 6. The average Bonchev–Trinajstić information content (AvgIpc) is 2.67. The van der Waals surface area contributed by atoms with Gasteiger partial charge in [0.15, 0.2) is 11.2 Å². The van der Waals surface area contributed by atoms with Crippen molar-refractivity contribution in [2.24, 2.45) is 0 Å². The van der Waals surface area contributed by atoms with E-state index in [0.29, 0.717) is 40.1 Å². The van der Waals surface area contributed by atoms with Crippen molar-refractivity contribution in [3.05, 3.63) is 67.8 Å². The van der Waals surface area contributed by atoms with Crippen molar-refractivity contribution in [3.63, 3.8) is 0 Å². The van der Waals surface area contributed by atoms with Crippen LogP contribution in [0.5, 0.6) is 0 Å². The summed E-state index contributed by atoms with van der Waals surface area (Å²) in [7, 11) is 1.27. The standard InChI is InChI=1S/C21H18ClNO5/c1-10-17(21(26)27-2)18(19-14(23-10)4-3-5-15(19)24)13-9-28-16-7-6-11(22)8-12(16)20(13)25/h6-9,18,23H,3-5H2,1-2H3/t18-/m0/s1. The summed E-state index contributed by atoms with van der Waals surface area (Å²) in [6, 6.07) is 4.77. The molecule has 0 unspecified atom stereocenters. The SMILES string of the molecule is COC(=O)C1=C(C)NC2=C(C(=O)CCC2)[C@H]1c1coc2ccc(Cl)cc2c1=O. The maximum Gasteiger partial charge on any atom is 0.336 e. The molecule has 1 aliphatic heterocycles. The lowest BCUT2D eigenvalue weighted by atomic mass is 9.75. The van der Waals surface area contributed by atoms with E-state index in [1.54, 1.807) is 19.1 Å². The Morgan fingerprint density at radius 2 is 2.07 bits per heavy atom. The number of methoxy groups -OCH3 is 1. The molecule has 0 spiro atoms. The van der Waals surface area contributed by atoms with Crippen LogP contribution in [0, 0.1) is 0 Å². The van der Waals surface area contributed by atoms with Gasteiger partial charge in [-0.05, 0) is 38.0 Å². The first-order valence-electron chi connectivity index (χ1n) is 8.95. The van der Waals surface area contributed by atoms with Gasteiger partial charge in [-0.25, -0.2) is 4.79 Å². The zero-order valence-corrected chi connectivity index (χ0v) is 16.2. The summed E-state index contributed by atoms with van der Waals surface area (Å²) in [5, 5.41) is 3.86. The number of rotatable bonds is 2. The molecule has 6 nitrogen and oxygen atoms in total. The summed E-state index contributed by atoms with van der Waals surface area (Å²) in [5.41, 5.74) is 2.27. The molecule has 144 valence electrons. The van der Waals surface area contributed by atoms with Gasteiger partial charge >= 0.3 is 5.97 Å². The highest BCUT2D eigenvalue weighted by Gasteiger charge is 2.40. The maximum atomic E-state index is 13.3. The van der Waals surface area contributed by atoms with Gasteiger partial charge in [0.05, 0.1) is 30.3 Å². The summed E-state index contributed by atoms with van der Waals surface area (Å²) in [5.74, 6) is -1.51. The third kappa shape index (κ3) is 2.85. The van der Waals surface area contributed by atoms with Crippen LogP contribution in [0.25, 0.3) is 11.0 Å². The number of carbonyl (C=O) groups is 2. The molecule has 0 fully saturated rings. The van der Waals surface area contributed by atoms with E-state index in [2.05, 4.69) is 5.32 Å². The number of nitrogens with one attached hydrogen (secondary N) is 1. The fraction of sp³-hybridized carbons (Fsp3) is 0.286. The third-order valence-electron chi connectivity index (χ3n) is 5.25. The molecule has 1 aliphatic carbocycles. The number of Topliss-reactive ketones (excluding diaryl/α,β-unsaturated/α-hetero) is 1. The van der Waals surface area contributed by atoms with Crippen molar-refractivity contribution in [2.45, 2.75) is 32.1 Å². The van der Waals surface area contributed by atoms with Crippen LogP contribution in [0.15, 0.2) is 56.2 Å². The minimum atomic E-state index is -0.837. The van der Waals surface area contributed by atoms with E-state index < -0.39 is 11.9 Å². The van der Waals surface area contributed by atoms with E-state index in [4.69, 9.17) is 20.8 Å². The molecule has 7 heteroatoms. The zero-order valence-electron chi connectivity index (χ0n) is 15.4. The van der Waals surface area contributed by atoms with Crippen LogP contribution in [0.2, 0.25) is 5.02 Å². The van der Waals surface area contributed by atoms with Crippen LogP contribution in [0.3, 0.4) is 0 Å². The van der Waals surface area contributed by atoms with Gasteiger partial charge in [0.1, 0.15) is 5.58 Å². The Labute approximate surface area is 165 Å². The molecule has 2 aromatic rings. The smallest absolute Gasteiger partial charge is 0.336 e. The van der Waals surface area contributed by atoms with E-state index in [1.807, 2.05) is 0 Å². The molecule has 0 radical (unpaired) electrons. The van der Waals surface area contributed by atoms with E-state index in [9.17, 15) is 14.4 Å². The van der Waals surface area contributed by atoms with Crippen molar-refractivity contribution >= 4 is 34.3 Å². The largest absolute Gasteiger partial charge is 0.466 e. The number of esters is 1. The van der Waals surface area contributed by atoms with Crippen molar-refractivity contribution in [2.75, 3.05) is 7.11 Å². The van der Waals surface area contributed by atoms with Gasteiger partial charge in [0.2, 0.25) is 0 Å². The second-order valence-corrected chi connectivity index (χ2v) is 7.35. The summed E-state index contributed by atoms with van der Waals surface area (Å²) in [4.78, 5) is 38.6. The van der Waals surface area contributed by atoms with E-state index in [0.717, 1.165) is 12.1 Å². The van der Waals surface area contributed by atoms with Gasteiger partial charge in [0, 0.05) is 34.0 Å². The molecule has 1 N–H and O–H groups in total. The number of fused-ring (bicyclic) bond motifs is 1. The Morgan fingerprint density at radius 1 is 1.29 bits per heavy atom. The van der Waals surface area contributed by atoms with Crippen LogP contribution in [-0.2, 0) is 14.3 Å². The lowest BCUT2D eigenvalue weighted by Gasteiger charge is -2.33. The molecule has 1 atom stereocenters. The Morgan fingerprint density at radius 3 is 2.82 bits per heavy atom. The third-order valence-corrected chi connectivity index (χ3v) is 5.49. The van der Waals surface area contributed by atoms with Crippen LogP contribution in [0.1, 0.15) is 37.7 Å². The lowest BCUT2D eigenvalue weighted by Crippen LogP contribution is -2.35. The Balaban J connectivity index is 2.01. The summed E-state index contributed by atoms with van der Waals surface area (Å²) >= 11 is 6.05. The number of hydrogen-bond donors (Lipinski definition) is 1. The summed E-state index contributed by atoms with van der Waals surface area (Å²) < 4.78 is 10.6. The molecular weight excluding hydrogens is 382 g/mol. The normalized spacial score (nSPS) is 19.5. The number of ketones is 1. The van der Waals surface area contributed by atoms with Gasteiger partial charge in [-0.3, -0.25) is 9.59 Å². The van der Waals surface area contributed by atoms with Gasteiger partial charge in [0.25, 0.3) is 0 Å². The minimum absolute atomic E-state index is 0.0850. The first kappa shape index (κ1) is 18.5. The number of halogens is 1. The van der Waals surface area contributed by atoms with E-state index >= 15 is 0 Å². The lowest BCUT2D eigenvalue weighted by molar-refractivity contribution is -0.136. The van der Waals surface area contributed by atoms with Crippen molar-refractivity contribution in [1.82, 2.24) is 5.32 Å². The minimum Gasteiger partial charge on any atom is -0.466 e. The zero-order chi connectivity index (χ0) is 20.0. The van der Waals surface area contributed by atoms with Crippen molar-refractivity contribution < 1.29 is 18.7 Å². The Bertz CT molecular complexity index is 1140. The molecule has 1 aromatic heterocycles. The van der Waals surface area contributed by atoms with Gasteiger partial charge in [-0.2, -0.15) is 0 Å². The quantitative estimate of drug-likeness (QED) is 0.777. The molecule has 0 amide bonds. The number of carbonyl (C=O) groups excluding carboxylic acids is 2.